The monoisotopic (exact) mass is 241 g/mol. The fourth-order valence-corrected chi connectivity index (χ4v) is 2.44. The van der Waals surface area contributed by atoms with Crippen molar-refractivity contribution in [3.05, 3.63) is 29.6 Å². The molecule has 3 heteroatoms. The molecule has 3 rings (SSSR count). The van der Waals surface area contributed by atoms with Gasteiger partial charge in [0.2, 0.25) is 0 Å². The van der Waals surface area contributed by atoms with Gasteiger partial charge in [0.15, 0.2) is 0 Å². The summed E-state index contributed by atoms with van der Waals surface area (Å²) in [4.78, 5) is 6.69. The van der Waals surface area contributed by atoms with Gasteiger partial charge in [-0.25, -0.2) is 4.98 Å². The molecular formula is C15H19N3. The standard InChI is InChI=1S/C15H19N3/c16-8-15-14(2-1-7-17-15)11-18(9-12-3-4-12)10-13-5-6-13/h1-2,7,12-13H,3-6,9-11H2. The van der Waals surface area contributed by atoms with Gasteiger partial charge in [0, 0.05) is 31.4 Å². The minimum atomic E-state index is 0.592. The minimum Gasteiger partial charge on any atom is -0.298 e. The molecule has 0 atom stereocenters. The van der Waals surface area contributed by atoms with Gasteiger partial charge in [0.1, 0.15) is 11.8 Å². The first kappa shape index (κ1) is 11.7. The molecule has 0 radical (unpaired) electrons. The largest absolute Gasteiger partial charge is 0.298 e. The molecule has 1 aromatic rings. The lowest BCUT2D eigenvalue weighted by Gasteiger charge is -2.22. The number of hydrogen-bond donors (Lipinski definition) is 0. The van der Waals surface area contributed by atoms with Gasteiger partial charge >= 0.3 is 0 Å². The molecule has 0 unspecified atom stereocenters. The van der Waals surface area contributed by atoms with Gasteiger partial charge in [-0.15, -0.1) is 0 Å². The summed E-state index contributed by atoms with van der Waals surface area (Å²) in [7, 11) is 0. The van der Waals surface area contributed by atoms with Gasteiger partial charge in [-0.2, -0.15) is 5.26 Å². The number of pyridine rings is 1. The first-order valence-corrected chi connectivity index (χ1v) is 6.91. The van der Waals surface area contributed by atoms with Crippen LogP contribution in [0.1, 0.15) is 36.9 Å². The zero-order chi connectivity index (χ0) is 12.4. The zero-order valence-corrected chi connectivity index (χ0v) is 10.7. The lowest BCUT2D eigenvalue weighted by atomic mass is 10.1. The highest BCUT2D eigenvalue weighted by Crippen LogP contribution is 2.34. The highest BCUT2D eigenvalue weighted by molar-refractivity contribution is 5.30. The third kappa shape index (κ3) is 3.08. The molecule has 2 aliphatic carbocycles. The second kappa shape index (κ2) is 5.07. The summed E-state index contributed by atoms with van der Waals surface area (Å²) in [5, 5.41) is 9.09. The maximum atomic E-state index is 9.09. The predicted molar refractivity (Wildman–Crippen MR) is 69.7 cm³/mol. The number of nitriles is 1. The van der Waals surface area contributed by atoms with E-state index in [4.69, 9.17) is 5.26 Å². The summed E-state index contributed by atoms with van der Waals surface area (Å²) in [5.41, 5.74) is 1.68. The maximum Gasteiger partial charge on any atom is 0.144 e. The van der Waals surface area contributed by atoms with Crippen molar-refractivity contribution in [1.29, 1.82) is 5.26 Å². The molecule has 0 N–H and O–H groups in total. The highest BCUT2D eigenvalue weighted by Gasteiger charge is 2.29. The van der Waals surface area contributed by atoms with Crippen LogP contribution in [0.15, 0.2) is 18.3 Å². The molecule has 2 aliphatic rings. The summed E-state index contributed by atoms with van der Waals surface area (Å²) < 4.78 is 0. The molecule has 2 saturated carbocycles. The van der Waals surface area contributed by atoms with E-state index in [1.54, 1.807) is 6.20 Å². The third-order valence-corrected chi connectivity index (χ3v) is 3.82. The number of aromatic nitrogens is 1. The summed E-state index contributed by atoms with van der Waals surface area (Å²) in [5.74, 6) is 1.82. The van der Waals surface area contributed by atoms with Crippen molar-refractivity contribution in [2.75, 3.05) is 13.1 Å². The molecule has 0 saturated heterocycles. The van der Waals surface area contributed by atoms with Crippen LogP contribution in [0.4, 0.5) is 0 Å². The second-order valence-corrected chi connectivity index (χ2v) is 5.70. The van der Waals surface area contributed by atoms with Crippen LogP contribution in [0.25, 0.3) is 0 Å². The first-order chi connectivity index (χ1) is 8.85. The van der Waals surface area contributed by atoms with E-state index in [0.29, 0.717) is 5.69 Å². The molecule has 0 aliphatic heterocycles. The smallest absolute Gasteiger partial charge is 0.144 e. The summed E-state index contributed by atoms with van der Waals surface area (Å²) in [6, 6.07) is 6.17. The summed E-state index contributed by atoms with van der Waals surface area (Å²) in [6.45, 7) is 3.30. The molecule has 3 nitrogen and oxygen atoms in total. The number of nitrogens with zero attached hydrogens (tertiary/aromatic N) is 3. The summed E-state index contributed by atoms with van der Waals surface area (Å²) in [6.07, 6.45) is 7.26. The average Bonchev–Trinajstić information content (AvgIpc) is 3.26. The quantitative estimate of drug-likeness (QED) is 0.768. The van der Waals surface area contributed by atoms with Crippen molar-refractivity contribution >= 4 is 0 Å². The lowest BCUT2D eigenvalue weighted by molar-refractivity contribution is 0.244. The Balaban J connectivity index is 1.67. The molecule has 18 heavy (non-hydrogen) atoms. The highest BCUT2D eigenvalue weighted by atomic mass is 15.1. The molecule has 0 bridgehead atoms. The van der Waals surface area contributed by atoms with E-state index >= 15 is 0 Å². The number of hydrogen-bond acceptors (Lipinski definition) is 3. The van der Waals surface area contributed by atoms with Crippen molar-refractivity contribution in [3.63, 3.8) is 0 Å². The Morgan fingerprint density at radius 2 is 1.89 bits per heavy atom. The molecule has 0 spiro atoms. The van der Waals surface area contributed by atoms with E-state index in [-0.39, 0.29) is 0 Å². The van der Waals surface area contributed by atoms with Gasteiger partial charge in [-0.3, -0.25) is 4.90 Å². The maximum absolute atomic E-state index is 9.09. The molecule has 2 fully saturated rings. The molecule has 1 aromatic heterocycles. The summed E-state index contributed by atoms with van der Waals surface area (Å²) >= 11 is 0. The molecule has 1 heterocycles. The van der Waals surface area contributed by atoms with Crippen molar-refractivity contribution in [3.8, 4) is 6.07 Å². The van der Waals surface area contributed by atoms with Crippen LogP contribution in [-0.4, -0.2) is 23.0 Å². The Morgan fingerprint density at radius 3 is 2.44 bits per heavy atom. The molecule has 0 aromatic carbocycles. The normalized spacial score (nSPS) is 18.9. The Kier molecular flexibility index (Phi) is 3.29. The van der Waals surface area contributed by atoms with Crippen LogP contribution < -0.4 is 0 Å². The Labute approximate surface area is 108 Å². The van der Waals surface area contributed by atoms with Crippen LogP contribution in [0.2, 0.25) is 0 Å². The van der Waals surface area contributed by atoms with E-state index in [9.17, 15) is 0 Å². The molecule has 94 valence electrons. The molecular weight excluding hydrogens is 222 g/mol. The van der Waals surface area contributed by atoms with Crippen molar-refractivity contribution < 1.29 is 0 Å². The number of rotatable bonds is 6. The van der Waals surface area contributed by atoms with E-state index in [2.05, 4.69) is 16.0 Å². The second-order valence-electron chi connectivity index (χ2n) is 5.70. The fourth-order valence-electron chi connectivity index (χ4n) is 2.44. The molecule has 0 amide bonds. The van der Waals surface area contributed by atoms with Gasteiger partial charge in [-0.05, 0) is 43.6 Å². The van der Waals surface area contributed by atoms with Gasteiger partial charge in [0.25, 0.3) is 0 Å². The Hall–Kier alpha value is -1.40. The lowest BCUT2D eigenvalue weighted by Crippen LogP contribution is -2.28. The minimum absolute atomic E-state index is 0.592. The fraction of sp³-hybridized carbons (Fsp3) is 0.600. The van der Waals surface area contributed by atoms with Crippen LogP contribution in [0.3, 0.4) is 0 Å². The van der Waals surface area contributed by atoms with Crippen molar-refractivity contribution in [2.24, 2.45) is 11.8 Å². The van der Waals surface area contributed by atoms with E-state index in [0.717, 1.165) is 23.9 Å². The topological polar surface area (TPSA) is 39.9 Å². The van der Waals surface area contributed by atoms with Gasteiger partial charge in [0.05, 0.1) is 0 Å². The third-order valence-electron chi connectivity index (χ3n) is 3.82. The van der Waals surface area contributed by atoms with Crippen molar-refractivity contribution in [1.82, 2.24) is 9.88 Å². The van der Waals surface area contributed by atoms with Crippen LogP contribution >= 0.6 is 0 Å². The van der Waals surface area contributed by atoms with Gasteiger partial charge < -0.3 is 0 Å². The van der Waals surface area contributed by atoms with Gasteiger partial charge in [-0.1, -0.05) is 6.07 Å². The predicted octanol–water partition coefficient (Wildman–Crippen LogP) is 2.58. The van der Waals surface area contributed by atoms with E-state index < -0.39 is 0 Å². The van der Waals surface area contributed by atoms with Crippen LogP contribution in [0, 0.1) is 23.2 Å². The SMILES string of the molecule is N#Cc1ncccc1CN(CC1CC1)CC1CC1. The Bertz CT molecular complexity index is 441. The average molecular weight is 241 g/mol. The first-order valence-electron chi connectivity index (χ1n) is 6.91. The van der Waals surface area contributed by atoms with Crippen molar-refractivity contribution in [2.45, 2.75) is 32.2 Å². The van der Waals surface area contributed by atoms with Crippen LogP contribution in [-0.2, 0) is 6.54 Å². The Morgan fingerprint density at radius 1 is 1.22 bits per heavy atom. The van der Waals surface area contributed by atoms with Crippen LogP contribution in [0.5, 0.6) is 0 Å². The zero-order valence-electron chi connectivity index (χ0n) is 10.7. The van der Waals surface area contributed by atoms with E-state index in [1.165, 1.54) is 38.8 Å². The van der Waals surface area contributed by atoms with E-state index in [1.807, 2.05) is 12.1 Å².